The third-order valence-electron chi connectivity index (χ3n) is 3.41. The van der Waals surface area contributed by atoms with E-state index in [1.807, 2.05) is 0 Å². The van der Waals surface area contributed by atoms with Gasteiger partial charge in [-0.1, -0.05) is 12.1 Å². The molecular formula is C14H19FN2O2. The van der Waals surface area contributed by atoms with Crippen molar-refractivity contribution < 1.29 is 13.9 Å². The largest absolute Gasteiger partial charge is 0.469 e. The predicted molar refractivity (Wildman–Crippen MR) is 69.8 cm³/mol. The Morgan fingerprint density at radius 2 is 2.11 bits per heavy atom. The SMILES string of the molecule is COC(=O)C1CC(N)CN(Cc2ccc(F)cc2)C1. The Hall–Kier alpha value is -1.46. The molecule has 104 valence electrons. The summed E-state index contributed by atoms with van der Waals surface area (Å²) in [6.45, 7) is 2.05. The topological polar surface area (TPSA) is 55.6 Å². The first-order chi connectivity index (χ1) is 9.08. The quantitative estimate of drug-likeness (QED) is 0.834. The van der Waals surface area contributed by atoms with Crippen LogP contribution < -0.4 is 5.73 Å². The summed E-state index contributed by atoms with van der Waals surface area (Å²) in [7, 11) is 1.40. The van der Waals surface area contributed by atoms with Gasteiger partial charge >= 0.3 is 5.97 Å². The first kappa shape index (κ1) is 14.0. The fourth-order valence-corrected chi connectivity index (χ4v) is 2.55. The van der Waals surface area contributed by atoms with Crippen LogP contribution in [0.3, 0.4) is 0 Å². The third-order valence-corrected chi connectivity index (χ3v) is 3.41. The number of esters is 1. The molecule has 0 radical (unpaired) electrons. The maximum atomic E-state index is 12.8. The van der Waals surface area contributed by atoms with Gasteiger partial charge in [-0.2, -0.15) is 0 Å². The summed E-state index contributed by atoms with van der Waals surface area (Å²) >= 11 is 0. The minimum atomic E-state index is -0.244. The van der Waals surface area contributed by atoms with Crippen molar-refractivity contribution >= 4 is 5.97 Å². The van der Waals surface area contributed by atoms with Crippen LogP contribution in [0.15, 0.2) is 24.3 Å². The first-order valence-electron chi connectivity index (χ1n) is 6.38. The maximum Gasteiger partial charge on any atom is 0.310 e. The van der Waals surface area contributed by atoms with Crippen LogP contribution >= 0.6 is 0 Å². The number of piperidine rings is 1. The summed E-state index contributed by atoms with van der Waals surface area (Å²) in [5.41, 5.74) is 6.99. The number of likely N-dealkylation sites (tertiary alicyclic amines) is 1. The molecule has 0 aliphatic carbocycles. The molecule has 2 N–H and O–H groups in total. The maximum absolute atomic E-state index is 12.8. The summed E-state index contributed by atoms with van der Waals surface area (Å²) in [5.74, 6) is -0.625. The monoisotopic (exact) mass is 266 g/mol. The standard InChI is InChI=1S/C14H19FN2O2/c1-19-14(18)11-6-13(16)9-17(8-11)7-10-2-4-12(15)5-3-10/h2-5,11,13H,6-9,16H2,1H3. The van der Waals surface area contributed by atoms with Crippen LogP contribution in [0.2, 0.25) is 0 Å². The van der Waals surface area contributed by atoms with Crippen LogP contribution in [0.25, 0.3) is 0 Å². The van der Waals surface area contributed by atoms with Crippen molar-refractivity contribution in [2.24, 2.45) is 11.7 Å². The number of hydrogen-bond donors (Lipinski definition) is 1. The second kappa shape index (κ2) is 6.12. The van der Waals surface area contributed by atoms with E-state index in [2.05, 4.69) is 4.90 Å². The molecule has 1 aliphatic heterocycles. The van der Waals surface area contributed by atoms with Crippen molar-refractivity contribution in [3.8, 4) is 0 Å². The first-order valence-corrected chi connectivity index (χ1v) is 6.38. The molecule has 2 rings (SSSR count). The van der Waals surface area contributed by atoms with Gasteiger partial charge in [-0.05, 0) is 24.1 Å². The summed E-state index contributed by atoms with van der Waals surface area (Å²) in [5, 5.41) is 0. The van der Waals surface area contributed by atoms with Crippen LogP contribution in [0.5, 0.6) is 0 Å². The minimum Gasteiger partial charge on any atom is -0.469 e. The molecule has 0 aromatic heterocycles. The summed E-state index contributed by atoms with van der Waals surface area (Å²) in [6, 6.07) is 6.36. The van der Waals surface area contributed by atoms with E-state index in [4.69, 9.17) is 10.5 Å². The highest BCUT2D eigenvalue weighted by Crippen LogP contribution is 2.19. The summed E-state index contributed by atoms with van der Waals surface area (Å²) in [4.78, 5) is 13.7. The molecule has 1 heterocycles. The second-order valence-electron chi connectivity index (χ2n) is 5.04. The Bertz CT molecular complexity index is 436. The van der Waals surface area contributed by atoms with E-state index in [1.54, 1.807) is 12.1 Å². The molecule has 5 heteroatoms. The molecule has 1 aromatic rings. The number of halogens is 1. The number of benzene rings is 1. The predicted octanol–water partition coefficient (Wildman–Crippen LogP) is 1.15. The minimum absolute atomic E-state index is 0.0294. The van der Waals surface area contributed by atoms with Crippen molar-refractivity contribution in [2.45, 2.75) is 19.0 Å². The average Bonchev–Trinajstić information content (AvgIpc) is 2.40. The summed E-state index contributed by atoms with van der Waals surface area (Å²) < 4.78 is 17.6. The fourth-order valence-electron chi connectivity index (χ4n) is 2.55. The molecule has 1 aliphatic rings. The lowest BCUT2D eigenvalue weighted by atomic mass is 9.94. The normalized spacial score (nSPS) is 24.2. The molecule has 2 unspecified atom stereocenters. The van der Waals surface area contributed by atoms with E-state index in [0.29, 0.717) is 19.5 Å². The molecule has 0 amide bonds. The lowest BCUT2D eigenvalue weighted by Crippen LogP contribution is -2.48. The fraction of sp³-hybridized carbons (Fsp3) is 0.500. The zero-order chi connectivity index (χ0) is 13.8. The van der Waals surface area contributed by atoms with Crippen LogP contribution in [0, 0.1) is 11.7 Å². The van der Waals surface area contributed by atoms with Gasteiger partial charge in [0.25, 0.3) is 0 Å². The summed E-state index contributed by atoms with van der Waals surface area (Å²) in [6.07, 6.45) is 0.659. The lowest BCUT2D eigenvalue weighted by Gasteiger charge is -2.35. The van der Waals surface area contributed by atoms with Crippen LogP contribution in [-0.4, -0.2) is 37.1 Å². The molecule has 0 spiro atoms. The van der Waals surface area contributed by atoms with E-state index in [0.717, 1.165) is 12.1 Å². The Morgan fingerprint density at radius 1 is 1.42 bits per heavy atom. The van der Waals surface area contributed by atoms with Crippen molar-refractivity contribution in [1.82, 2.24) is 4.90 Å². The van der Waals surface area contributed by atoms with Crippen LogP contribution in [0.1, 0.15) is 12.0 Å². The number of hydrogen-bond acceptors (Lipinski definition) is 4. The van der Waals surface area contributed by atoms with Gasteiger partial charge in [0.1, 0.15) is 5.82 Å². The van der Waals surface area contributed by atoms with E-state index in [1.165, 1.54) is 19.2 Å². The van der Waals surface area contributed by atoms with Gasteiger partial charge in [0.2, 0.25) is 0 Å². The molecule has 0 saturated carbocycles. The smallest absolute Gasteiger partial charge is 0.310 e. The molecule has 1 aromatic carbocycles. The number of carbonyl (C=O) groups excluding carboxylic acids is 1. The van der Waals surface area contributed by atoms with Crippen molar-refractivity contribution in [2.75, 3.05) is 20.2 Å². The Kier molecular flexibility index (Phi) is 4.50. The van der Waals surface area contributed by atoms with Crippen molar-refractivity contribution in [3.63, 3.8) is 0 Å². The van der Waals surface area contributed by atoms with Gasteiger partial charge in [0, 0.05) is 25.7 Å². The van der Waals surface area contributed by atoms with Gasteiger partial charge in [-0.25, -0.2) is 4.39 Å². The number of ether oxygens (including phenoxy) is 1. The van der Waals surface area contributed by atoms with Crippen molar-refractivity contribution in [1.29, 1.82) is 0 Å². The number of methoxy groups -OCH3 is 1. The van der Waals surface area contributed by atoms with Gasteiger partial charge in [-0.15, -0.1) is 0 Å². The molecule has 0 bridgehead atoms. The Labute approximate surface area is 112 Å². The van der Waals surface area contributed by atoms with Crippen LogP contribution in [-0.2, 0) is 16.1 Å². The molecule has 1 fully saturated rings. The van der Waals surface area contributed by atoms with Gasteiger partial charge in [0.15, 0.2) is 0 Å². The highest BCUT2D eigenvalue weighted by molar-refractivity contribution is 5.72. The van der Waals surface area contributed by atoms with Gasteiger partial charge in [-0.3, -0.25) is 9.69 Å². The van der Waals surface area contributed by atoms with E-state index < -0.39 is 0 Å². The molecular weight excluding hydrogens is 247 g/mol. The van der Waals surface area contributed by atoms with E-state index in [-0.39, 0.29) is 23.7 Å². The average molecular weight is 266 g/mol. The zero-order valence-electron chi connectivity index (χ0n) is 11.0. The molecule has 4 nitrogen and oxygen atoms in total. The zero-order valence-corrected chi connectivity index (χ0v) is 11.0. The third kappa shape index (κ3) is 3.75. The Morgan fingerprint density at radius 3 is 2.74 bits per heavy atom. The number of nitrogens with zero attached hydrogens (tertiary/aromatic N) is 1. The van der Waals surface area contributed by atoms with Gasteiger partial charge < -0.3 is 10.5 Å². The molecule has 19 heavy (non-hydrogen) atoms. The highest BCUT2D eigenvalue weighted by Gasteiger charge is 2.30. The van der Waals surface area contributed by atoms with Gasteiger partial charge in [0.05, 0.1) is 13.0 Å². The molecule has 1 saturated heterocycles. The Balaban J connectivity index is 1.99. The number of rotatable bonds is 3. The second-order valence-corrected chi connectivity index (χ2v) is 5.04. The van der Waals surface area contributed by atoms with E-state index in [9.17, 15) is 9.18 Å². The lowest BCUT2D eigenvalue weighted by molar-refractivity contribution is -0.147. The van der Waals surface area contributed by atoms with Crippen LogP contribution in [0.4, 0.5) is 4.39 Å². The molecule has 2 atom stereocenters. The number of nitrogens with two attached hydrogens (primary N) is 1. The number of carbonyl (C=O) groups is 1. The van der Waals surface area contributed by atoms with E-state index >= 15 is 0 Å². The van der Waals surface area contributed by atoms with Crippen molar-refractivity contribution in [3.05, 3.63) is 35.6 Å². The highest BCUT2D eigenvalue weighted by atomic mass is 19.1.